The number of carbonyl (C=O) groups excluding carboxylic acids is 2. The summed E-state index contributed by atoms with van der Waals surface area (Å²) < 4.78 is 17.0. The minimum Gasteiger partial charge on any atom is -0.342 e. The van der Waals surface area contributed by atoms with Crippen molar-refractivity contribution in [2.45, 2.75) is 95.2 Å². The molecule has 4 aromatic rings. The lowest BCUT2D eigenvalue weighted by molar-refractivity contribution is -0.140. The molecule has 0 radical (unpaired) electrons. The lowest BCUT2D eigenvalue weighted by Gasteiger charge is -2.48. The molecule has 286 valence electrons. The fraction of sp³-hybridized carbons (Fsp3) is 0.524. The van der Waals surface area contributed by atoms with Crippen molar-refractivity contribution in [1.82, 2.24) is 29.7 Å². The van der Waals surface area contributed by atoms with Crippen molar-refractivity contribution < 1.29 is 14.0 Å². The number of nitrogens with zero attached hydrogens (tertiary/aromatic N) is 6. The number of hydrogen-bond donors (Lipinski definition) is 2. The molecule has 2 aromatic heterocycles. The van der Waals surface area contributed by atoms with Crippen LogP contribution in [-0.2, 0) is 15.0 Å². The molecule has 0 atom stereocenters. The molecule has 2 N–H and O–H groups in total. The van der Waals surface area contributed by atoms with Gasteiger partial charge >= 0.3 is 0 Å². The molecule has 9 rings (SSSR count). The van der Waals surface area contributed by atoms with Gasteiger partial charge < -0.3 is 29.9 Å². The zero-order chi connectivity index (χ0) is 36.3. The molecule has 2 aromatic carbocycles. The maximum atomic E-state index is 14.9. The first-order chi connectivity index (χ1) is 25.8. The van der Waals surface area contributed by atoms with Crippen LogP contribution in [0.2, 0.25) is 0 Å². The van der Waals surface area contributed by atoms with Crippen molar-refractivity contribution in [1.29, 1.82) is 0 Å². The first kappa shape index (κ1) is 36.9. The van der Waals surface area contributed by atoms with E-state index in [9.17, 15) is 14.0 Å². The average Bonchev–Trinajstić information content (AvgIpc) is 3.70. The Hall–Kier alpha value is -4.06. The Bertz CT molecular complexity index is 2030. The van der Waals surface area contributed by atoms with E-state index >= 15 is 0 Å². The molecule has 1 aliphatic carbocycles. The van der Waals surface area contributed by atoms with Gasteiger partial charge in [0, 0.05) is 48.4 Å². The van der Waals surface area contributed by atoms with Crippen molar-refractivity contribution in [2.24, 2.45) is 5.92 Å². The van der Waals surface area contributed by atoms with Crippen LogP contribution in [0, 0.1) is 11.7 Å². The number of pyridine rings is 1. The Morgan fingerprint density at radius 2 is 1.70 bits per heavy atom. The topological polar surface area (TPSA) is 98.6 Å². The summed E-state index contributed by atoms with van der Waals surface area (Å²) in [4.78, 5) is 45.2. The highest BCUT2D eigenvalue weighted by molar-refractivity contribution is 6.09. The second-order valence-corrected chi connectivity index (χ2v) is 16.3. The van der Waals surface area contributed by atoms with Gasteiger partial charge in [-0.3, -0.25) is 9.59 Å². The number of nitrogens with one attached hydrogen (secondary N) is 2. The van der Waals surface area contributed by atoms with Gasteiger partial charge in [0.15, 0.2) is 5.82 Å². The number of benzene rings is 2. The maximum absolute atomic E-state index is 14.9. The van der Waals surface area contributed by atoms with E-state index in [2.05, 4.69) is 57.0 Å². The summed E-state index contributed by atoms with van der Waals surface area (Å²) in [6, 6.07) is 15.8. The summed E-state index contributed by atoms with van der Waals surface area (Å²) in [5.41, 5.74) is 4.95. The summed E-state index contributed by atoms with van der Waals surface area (Å²) >= 11 is 0. The summed E-state index contributed by atoms with van der Waals surface area (Å²) in [5.74, 6) is 0.706. The van der Waals surface area contributed by atoms with Crippen LogP contribution in [0.15, 0.2) is 54.9 Å². The van der Waals surface area contributed by atoms with Crippen LogP contribution < -0.4 is 15.5 Å². The molecule has 3 saturated heterocycles. The van der Waals surface area contributed by atoms with Gasteiger partial charge in [-0.2, -0.15) is 0 Å². The number of aromatic nitrogens is 3. The first-order valence-corrected chi connectivity index (χ1v) is 19.9. The maximum Gasteiger partial charge on any atom is 0.238 e. The SMILES string of the molecule is CC(C)n1cnc2cc(-c3ccc4c(c3)N(C3CC(N5CCCCC5)C3)C(=O)C43CCN(C(=O)C4CCNCC4)CC3)nc(Nc3ccccc3F)c21.Cl. The van der Waals surface area contributed by atoms with Gasteiger partial charge in [-0.15, -0.1) is 12.4 Å². The molecule has 10 nitrogen and oxygen atoms in total. The van der Waals surface area contributed by atoms with Gasteiger partial charge in [-0.1, -0.05) is 30.7 Å². The van der Waals surface area contributed by atoms with Gasteiger partial charge in [-0.05, 0) is 121 Å². The van der Waals surface area contributed by atoms with E-state index in [-0.39, 0.29) is 48.0 Å². The average molecular weight is 755 g/mol. The number of amides is 2. The molecule has 4 fully saturated rings. The van der Waals surface area contributed by atoms with E-state index in [1.807, 2.05) is 17.3 Å². The molecule has 5 aliphatic rings. The number of likely N-dealkylation sites (tertiary alicyclic amines) is 2. The Morgan fingerprint density at radius 3 is 2.43 bits per heavy atom. The Morgan fingerprint density at radius 1 is 0.963 bits per heavy atom. The smallest absolute Gasteiger partial charge is 0.238 e. The van der Waals surface area contributed by atoms with E-state index in [1.54, 1.807) is 18.2 Å². The molecule has 6 heterocycles. The highest BCUT2D eigenvalue weighted by Gasteiger charge is 2.56. The number of anilines is 3. The zero-order valence-corrected chi connectivity index (χ0v) is 32.2. The van der Waals surface area contributed by atoms with E-state index in [0.717, 1.165) is 79.7 Å². The number of hydrogen-bond acceptors (Lipinski definition) is 7. The summed E-state index contributed by atoms with van der Waals surface area (Å²) in [6.07, 6.45) is 10.7. The summed E-state index contributed by atoms with van der Waals surface area (Å²) in [5, 5.41) is 6.65. The van der Waals surface area contributed by atoms with Crippen LogP contribution in [-0.4, -0.2) is 87.5 Å². The van der Waals surface area contributed by atoms with E-state index in [0.29, 0.717) is 49.2 Å². The van der Waals surface area contributed by atoms with Crippen LogP contribution >= 0.6 is 12.4 Å². The van der Waals surface area contributed by atoms with Crippen LogP contribution in [0.4, 0.5) is 21.6 Å². The van der Waals surface area contributed by atoms with Crippen molar-refractivity contribution in [2.75, 3.05) is 49.5 Å². The predicted octanol–water partition coefficient (Wildman–Crippen LogP) is 7.21. The third kappa shape index (κ3) is 6.35. The van der Waals surface area contributed by atoms with Crippen LogP contribution in [0.25, 0.3) is 22.3 Å². The second kappa shape index (κ2) is 14.9. The lowest BCUT2D eigenvalue weighted by Crippen LogP contribution is -2.58. The van der Waals surface area contributed by atoms with E-state index < -0.39 is 5.41 Å². The van der Waals surface area contributed by atoms with Crippen LogP contribution in [0.1, 0.15) is 83.2 Å². The van der Waals surface area contributed by atoms with E-state index in [4.69, 9.17) is 9.97 Å². The van der Waals surface area contributed by atoms with Gasteiger partial charge in [0.1, 0.15) is 11.3 Å². The quantitative estimate of drug-likeness (QED) is 0.206. The van der Waals surface area contributed by atoms with Crippen molar-refractivity contribution >= 4 is 52.4 Å². The van der Waals surface area contributed by atoms with Gasteiger partial charge in [0.05, 0.1) is 28.6 Å². The zero-order valence-electron chi connectivity index (χ0n) is 31.4. The largest absolute Gasteiger partial charge is 0.342 e. The number of halogens is 2. The Balaban J connectivity index is 0.00000413. The molecule has 4 aliphatic heterocycles. The number of carbonyl (C=O) groups is 2. The number of rotatable bonds is 7. The monoisotopic (exact) mass is 754 g/mol. The van der Waals surface area contributed by atoms with Gasteiger partial charge in [0.25, 0.3) is 0 Å². The molecule has 54 heavy (non-hydrogen) atoms. The molecular weight excluding hydrogens is 703 g/mol. The molecule has 2 amide bonds. The Kier molecular flexibility index (Phi) is 10.2. The first-order valence-electron chi connectivity index (χ1n) is 19.9. The Labute approximate surface area is 323 Å². The molecule has 12 heteroatoms. The fourth-order valence-electron chi connectivity index (χ4n) is 9.76. The molecule has 0 bridgehead atoms. The summed E-state index contributed by atoms with van der Waals surface area (Å²) in [7, 11) is 0. The van der Waals surface area contributed by atoms with Gasteiger partial charge in [-0.25, -0.2) is 14.4 Å². The number of piperidine rings is 3. The highest BCUT2D eigenvalue weighted by Crippen LogP contribution is 2.52. The normalized spacial score (nSPS) is 23.1. The summed E-state index contributed by atoms with van der Waals surface area (Å²) in [6.45, 7) is 9.47. The highest BCUT2D eigenvalue weighted by atomic mass is 35.5. The van der Waals surface area contributed by atoms with Crippen molar-refractivity contribution in [3.8, 4) is 11.3 Å². The number of imidazole rings is 1. The molecule has 1 saturated carbocycles. The molecule has 0 unspecified atom stereocenters. The standard InChI is InChI=1S/C42H51FN8O2.ClH/c1-27(2)50-26-45-36-25-35(47-39(38(36)50)46-34-9-5-4-8-33(34)43)29-10-11-32-37(22-29)51(31-23-30(24-31)48-18-6-3-7-19-48)41(53)42(32)14-20-49(21-15-42)40(52)28-12-16-44-17-13-28;/h4-5,8-11,22,25-28,30-31,44H,3,6-7,12-21,23-24H2,1-2H3,(H,46,47);1H. The number of para-hydroxylation sites is 1. The van der Waals surface area contributed by atoms with Crippen LogP contribution in [0.5, 0.6) is 0 Å². The molecule has 1 spiro atoms. The van der Waals surface area contributed by atoms with Crippen LogP contribution in [0.3, 0.4) is 0 Å². The lowest BCUT2D eigenvalue weighted by atomic mass is 9.73. The minimum absolute atomic E-state index is 0. The molecular formula is C42H52ClFN8O2. The second-order valence-electron chi connectivity index (χ2n) is 16.3. The number of fused-ring (bicyclic) bond motifs is 3. The fourth-order valence-corrected chi connectivity index (χ4v) is 9.76. The van der Waals surface area contributed by atoms with Crippen molar-refractivity contribution in [3.63, 3.8) is 0 Å². The third-order valence-electron chi connectivity index (χ3n) is 12.9. The predicted molar refractivity (Wildman–Crippen MR) is 213 cm³/mol. The van der Waals surface area contributed by atoms with Gasteiger partial charge in [0.2, 0.25) is 11.8 Å². The third-order valence-corrected chi connectivity index (χ3v) is 12.9. The van der Waals surface area contributed by atoms with E-state index in [1.165, 1.54) is 25.3 Å². The minimum atomic E-state index is -0.639. The van der Waals surface area contributed by atoms with Crippen molar-refractivity contribution in [3.05, 3.63) is 66.2 Å².